The largest absolute Gasteiger partial charge is 0.437 e. The molecular formula is C13H11Cl2FN2O. The molecule has 6 heteroatoms. The van der Waals surface area contributed by atoms with Crippen LogP contribution in [0.4, 0.5) is 10.2 Å². The molecular weight excluding hydrogens is 290 g/mol. The maximum atomic E-state index is 13.2. The predicted octanol–water partition coefficient (Wildman–Crippen LogP) is 4.67. The van der Waals surface area contributed by atoms with Crippen LogP contribution in [0.25, 0.3) is 0 Å². The number of rotatable bonds is 3. The van der Waals surface area contributed by atoms with Crippen molar-refractivity contribution < 1.29 is 9.13 Å². The average molecular weight is 301 g/mol. The van der Waals surface area contributed by atoms with Gasteiger partial charge < -0.3 is 10.1 Å². The Labute approximate surface area is 120 Å². The molecule has 0 saturated carbocycles. The van der Waals surface area contributed by atoms with Crippen molar-refractivity contribution in [1.29, 1.82) is 0 Å². The highest BCUT2D eigenvalue weighted by molar-refractivity contribution is 6.36. The number of anilines is 1. The standard InChI is InChI=1S/C13H11Cl2FN2O/c1-7-5-8(3-4-11(7)16)19-13-10(15)6-9(14)12(17-2)18-13/h3-6H,1-2H3,(H,17,18). The summed E-state index contributed by atoms with van der Waals surface area (Å²) in [6.45, 7) is 1.65. The van der Waals surface area contributed by atoms with Crippen LogP contribution < -0.4 is 10.1 Å². The summed E-state index contributed by atoms with van der Waals surface area (Å²) < 4.78 is 18.7. The van der Waals surface area contributed by atoms with Gasteiger partial charge >= 0.3 is 0 Å². The Kier molecular flexibility index (Phi) is 4.12. The normalized spacial score (nSPS) is 10.4. The number of halogens is 3. The number of aromatic nitrogens is 1. The van der Waals surface area contributed by atoms with Crippen molar-refractivity contribution in [1.82, 2.24) is 4.98 Å². The van der Waals surface area contributed by atoms with E-state index in [2.05, 4.69) is 10.3 Å². The Bertz CT molecular complexity index is 620. The highest BCUT2D eigenvalue weighted by Gasteiger charge is 2.11. The van der Waals surface area contributed by atoms with Gasteiger partial charge in [0.2, 0.25) is 5.88 Å². The predicted molar refractivity (Wildman–Crippen MR) is 75.0 cm³/mol. The number of aryl methyl sites for hydroxylation is 1. The molecule has 2 rings (SSSR count). The van der Waals surface area contributed by atoms with Crippen molar-refractivity contribution >= 4 is 29.0 Å². The molecule has 0 aliphatic rings. The van der Waals surface area contributed by atoms with Crippen LogP contribution >= 0.6 is 23.2 Å². The second-order valence-electron chi connectivity index (χ2n) is 3.87. The molecule has 1 N–H and O–H groups in total. The van der Waals surface area contributed by atoms with Crippen molar-refractivity contribution in [2.75, 3.05) is 12.4 Å². The first-order valence-corrected chi connectivity index (χ1v) is 6.24. The van der Waals surface area contributed by atoms with E-state index in [1.54, 1.807) is 20.0 Å². The van der Waals surface area contributed by atoms with Gasteiger partial charge in [0, 0.05) is 7.05 Å². The van der Waals surface area contributed by atoms with Gasteiger partial charge in [-0.15, -0.1) is 0 Å². The summed E-state index contributed by atoms with van der Waals surface area (Å²) >= 11 is 11.9. The maximum Gasteiger partial charge on any atom is 0.240 e. The number of benzene rings is 1. The number of hydrogen-bond donors (Lipinski definition) is 1. The van der Waals surface area contributed by atoms with Gasteiger partial charge in [0.1, 0.15) is 22.4 Å². The first-order chi connectivity index (χ1) is 9.01. The topological polar surface area (TPSA) is 34.2 Å². The zero-order chi connectivity index (χ0) is 14.0. The van der Waals surface area contributed by atoms with E-state index < -0.39 is 0 Å². The number of hydrogen-bond acceptors (Lipinski definition) is 3. The van der Waals surface area contributed by atoms with Crippen molar-refractivity contribution in [2.24, 2.45) is 0 Å². The molecule has 0 atom stereocenters. The van der Waals surface area contributed by atoms with Gasteiger partial charge in [0.15, 0.2) is 0 Å². The second kappa shape index (κ2) is 5.63. The summed E-state index contributed by atoms with van der Waals surface area (Å²) in [5.74, 6) is 0.831. The van der Waals surface area contributed by atoms with Crippen LogP contribution in [0, 0.1) is 12.7 Å². The number of nitrogens with zero attached hydrogens (tertiary/aromatic N) is 1. The molecule has 0 spiro atoms. The van der Waals surface area contributed by atoms with Gasteiger partial charge in [-0.2, -0.15) is 4.98 Å². The van der Waals surface area contributed by atoms with E-state index in [9.17, 15) is 4.39 Å². The maximum absolute atomic E-state index is 13.2. The smallest absolute Gasteiger partial charge is 0.240 e. The van der Waals surface area contributed by atoms with Gasteiger partial charge in [-0.05, 0) is 36.8 Å². The second-order valence-corrected chi connectivity index (χ2v) is 4.68. The molecule has 0 radical (unpaired) electrons. The Hall–Kier alpha value is -1.52. The van der Waals surface area contributed by atoms with Crippen LogP contribution in [-0.2, 0) is 0 Å². The molecule has 3 nitrogen and oxygen atoms in total. The molecule has 1 aromatic heterocycles. The van der Waals surface area contributed by atoms with Crippen LogP contribution in [0.1, 0.15) is 5.56 Å². The van der Waals surface area contributed by atoms with Gasteiger partial charge in [-0.3, -0.25) is 0 Å². The molecule has 1 heterocycles. The van der Waals surface area contributed by atoms with Crippen molar-refractivity contribution in [2.45, 2.75) is 6.92 Å². The Morgan fingerprint density at radius 1 is 1.21 bits per heavy atom. The Morgan fingerprint density at radius 2 is 1.95 bits per heavy atom. The van der Waals surface area contributed by atoms with Crippen molar-refractivity contribution in [3.8, 4) is 11.6 Å². The highest BCUT2D eigenvalue weighted by Crippen LogP contribution is 2.33. The Morgan fingerprint density at radius 3 is 2.58 bits per heavy atom. The minimum Gasteiger partial charge on any atom is -0.437 e. The minimum absolute atomic E-state index is 0.210. The van der Waals surface area contributed by atoms with Crippen LogP contribution in [0.15, 0.2) is 24.3 Å². The van der Waals surface area contributed by atoms with Gasteiger partial charge in [-0.1, -0.05) is 23.2 Å². The fourth-order valence-corrected chi connectivity index (χ4v) is 1.98. The lowest BCUT2D eigenvalue weighted by molar-refractivity contribution is 0.461. The van der Waals surface area contributed by atoms with Crippen LogP contribution in [0.3, 0.4) is 0 Å². The van der Waals surface area contributed by atoms with Crippen LogP contribution in [0.2, 0.25) is 10.0 Å². The SMILES string of the molecule is CNc1nc(Oc2ccc(F)c(C)c2)c(Cl)cc1Cl. The summed E-state index contributed by atoms with van der Waals surface area (Å²) in [5.41, 5.74) is 0.483. The molecule has 19 heavy (non-hydrogen) atoms. The lowest BCUT2D eigenvalue weighted by atomic mass is 10.2. The van der Waals surface area contributed by atoms with Gasteiger partial charge in [0.25, 0.3) is 0 Å². The third kappa shape index (κ3) is 3.08. The molecule has 0 unspecified atom stereocenters. The van der Waals surface area contributed by atoms with Gasteiger partial charge in [-0.25, -0.2) is 4.39 Å². The minimum atomic E-state index is -0.293. The first-order valence-electron chi connectivity index (χ1n) is 5.49. The molecule has 0 aliphatic heterocycles. The molecule has 2 aromatic rings. The third-order valence-corrected chi connectivity index (χ3v) is 3.04. The average Bonchev–Trinajstić information content (AvgIpc) is 2.37. The van der Waals surface area contributed by atoms with E-state index in [1.165, 1.54) is 18.2 Å². The molecule has 0 fully saturated rings. The van der Waals surface area contributed by atoms with E-state index in [0.717, 1.165) is 0 Å². The fraction of sp³-hybridized carbons (Fsp3) is 0.154. The third-order valence-electron chi connectivity index (χ3n) is 2.48. The van der Waals surface area contributed by atoms with Gasteiger partial charge in [0.05, 0.1) is 5.02 Å². The summed E-state index contributed by atoms with van der Waals surface area (Å²) in [5, 5.41) is 3.51. The van der Waals surface area contributed by atoms with E-state index >= 15 is 0 Å². The fourth-order valence-electron chi connectivity index (χ4n) is 1.49. The van der Waals surface area contributed by atoms with E-state index in [1.807, 2.05) is 0 Å². The number of ether oxygens (including phenoxy) is 1. The van der Waals surface area contributed by atoms with Crippen LogP contribution in [-0.4, -0.2) is 12.0 Å². The van der Waals surface area contributed by atoms with E-state index in [4.69, 9.17) is 27.9 Å². The molecule has 100 valence electrons. The highest BCUT2D eigenvalue weighted by atomic mass is 35.5. The number of pyridine rings is 1. The summed E-state index contributed by atoms with van der Waals surface area (Å²) in [6, 6.07) is 5.94. The van der Waals surface area contributed by atoms with E-state index in [0.29, 0.717) is 22.2 Å². The monoisotopic (exact) mass is 300 g/mol. The lowest BCUT2D eigenvalue weighted by Gasteiger charge is -2.10. The summed E-state index contributed by atoms with van der Waals surface area (Å²) in [6.07, 6.45) is 0. The zero-order valence-electron chi connectivity index (χ0n) is 10.3. The summed E-state index contributed by atoms with van der Waals surface area (Å²) in [4.78, 5) is 4.15. The molecule has 0 aliphatic carbocycles. The lowest BCUT2D eigenvalue weighted by Crippen LogP contribution is -1.97. The quantitative estimate of drug-likeness (QED) is 0.894. The molecule has 0 saturated heterocycles. The molecule has 0 amide bonds. The van der Waals surface area contributed by atoms with Crippen molar-refractivity contribution in [3.63, 3.8) is 0 Å². The first kappa shape index (κ1) is 13.9. The number of nitrogens with one attached hydrogen (secondary N) is 1. The molecule has 1 aromatic carbocycles. The Balaban J connectivity index is 2.34. The summed E-state index contributed by atoms with van der Waals surface area (Å²) in [7, 11) is 1.69. The van der Waals surface area contributed by atoms with Crippen LogP contribution in [0.5, 0.6) is 11.6 Å². The van der Waals surface area contributed by atoms with E-state index in [-0.39, 0.29) is 16.7 Å². The van der Waals surface area contributed by atoms with Crippen molar-refractivity contribution in [3.05, 3.63) is 45.7 Å². The molecule has 0 bridgehead atoms. The zero-order valence-corrected chi connectivity index (χ0v) is 11.8.